The lowest BCUT2D eigenvalue weighted by Gasteiger charge is -2.32. The molecule has 0 nitrogen and oxygen atoms in total. The summed E-state index contributed by atoms with van der Waals surface area (Å²) >= 11 is 0. The summed E-state index contributed by atoms with van der Waals surface area (Å²) in [6.07, 6.45) is 13.3. The lowest BCUT2D eigenvalue weighted by Crippen LogP contribution is -2.18. The van der Waals surface area contributed by atoms with Crippen molar-refractivity contribution in [2.75, 3.05) is 0 Å². The molecule has 1 aromatic carbocycles. The van der Waals surface area contributed by atoms with E-state index in [4.69, 9.17) is 0 Å². The summed E-state index contributed by atoms with van der Waals surface area (Å²) in [5.74, 6) is -0.739. The lowest BCUT2D eigenvalue weighted by molar-refractivity contribution is -0.142. The molecule has 0 spiro atoms. The van der Waals surface area contributed by atoms with Gasteiger partial charge >= 0.3 is 6.18 Å². The van der Waals surface area contributed by atoms with Gasteiger partial charge in [-0.3, -0.25) is 0 Å². The molecule has 0 unspecified atom stereocenters. The fraction of sp³-hybridized carbons (Fsp3) is 0.692. The van der Waals surface area contributed by atoms with Gasteiger partial charge in [0.15, 0.2) is 0 Å². The zero-order valence-electron chi connectivity index (χ0n) is 18.5. The molecule has 0 radical (unpaired) electrons. The molecule has 0 N–H and O–H groups in total. The zero-order valence-corrected chi connectivity index (χ0v) is 18.5. The maximum Gasteiger partial charge on any atom is 0.422 e. The summed E-state index contributed by atoms with van der Waals surface area (Å²) in [5.41, 5.74) is -1.40. The molecule has 0 amide bonds. The van der Waals surface area contributed by atoms with Gasteiger partial charge in [-0.2, -0.15) is 13.2 Å². The second-order valence-electron chi connectivity index (χ2n) is 9.65. The van der Waals surface area contributed by atoms with Gasteiger partial charge in [0.25, 0.3) is 0 Å². The Kier molecular flexibility index (Phi) is 8.58. The van der Waals surface area contributed by atoms with Crippen molar-refractivity contribution in [1.82, 2.24) is 0 Å². The minimum absolute atomic E-state index is 0.0471. The molecule has 0 bridgehead atoms. The molecule has 2 fully saturated rings. The molecule has 2 aliphatic rings. The Morgan fingerprint density at radius 1 is 0.774 bits per heavy atom. The minimum atomic E-state index is -5.00. The number of alkyl halides is 3. The van der Waals surface area contributed by atoms with Crippen molar-refractivity contribution >= 4 is 0 Å². The van der Waals surface area contributed by atoms with Gasteiger partial charge in [-0.25, -0.2) is 8.78 Å². The van der Waals surface area contributed by atoms with Crippen LogP contribution < -0.4 is 0 Å². The van der Waals surface area contributed by atoms with E-state index in [0.717, 1.165) is 56.1 Å². The Labute approximate surface area is 183 Å². The Morgan fingerprint density at radius 2 is 1.26 bits per heavy atom. The van der Waals surface area contributed by atoms with Gasteiger partial charge in [0, 0.05) is 0 Å². The predicted molar refractivity (Wildman–Crippen MR) is 115 cm³/mol. The van der Waals surface area contributed by atoms with Crippen LogP contribution >= 0.6 is 0 Å². The maximum absolute atomic E-state index is 13.9. The molecular weight excluding hydrogens is 407 g/mol. The molecular formula is C26H35F5. The van der Waals surface area contributed by atoms with Crippen molar-refractivity contribution in [3.8, 4) is 0 Å². The van der Waals surface area contributed by atoms with Crippen molar-refractivity contribution in [1.29, 1.82) is 0 Å². The van der Waals surface area contributed by atoms with Crippen LogP contribution in [0.4, 0.5) is 22.0 Å². The molecule has 0 atom stereocenters. The van der Waals surface area contributed by atoms with Crippen LogP contribution in [0, 0.1) is 29.4 Å². The van der Waals surface area contributed by atoms with Gasteiger partial charge in [-0.05, 0) is 92.7 Å². The van der Waals surface area contributed by atoms with Gasteiger partial charge in [0.1, 0.15) is 17.2 Å². The highest BCUT2D eigenvalue weighted by Gasteiger charge is 2.38. The van der Waals surface area contributed by atoms with Crippen LogP contribution in [0.2, 0.25) is 0 Å². The third-order valence-electron chi connectivity index (χ3n) is 7.49. The smallest absolute Gasteiger partial charge is 0.206 e. The van der Waals surface area contributed by atoms with Crippen LogP contribution in [0.5, 0.6) is 0 Å². The van der Waals surface area contributed by atoms with Crippen LogP contribution in [0.1, 0.15) is 101 Å². The number of benzene rings is 1. The highest BCUT2D eigenvalue weighted by atomic mass is 19.4. The van der Waals surface area contributed by atoms with Crippen LogP contribution in [0.25, 0.3) is 0 Å². The fourth-order valence-electron chi connectivity index (χ4n) is 5.57. The van der Waals surface area contributed by atoms with Gasteiger partial charge in [0.2, 0.25) is 0 Å². The third-order valence-corrected chi connectivity index (χ3v) is 7.49. The van der Waals surface area contributed by atoms with Crippen molar-refractivity contribution in [2.45, 2.75) is 96.1 Å². The van der Waals surface area contributed by atoms with E-state index in [1.165, 1.54) is 44.9 Å². The summed E-state index contributed by atoms with van der Waals surface area (Å²) < 4.78 is 66.2. The molecule has 5 heteroatoms. The molecule has 0 aromatic heterocycles. The van der Waals surface area contributed by atoms with Crippen molar-refractivity contribution in [2.24, 2.45) is 17.8 Å². The Hall–Kier alpha value is -1.39. The van der Waals surface area contributed by atoms with E-state index in [0.29, 0.717) is 11.5 Å². The molecule has 31 heavy (non-hydrogen) atoms. The molecule has 2 aliphatic carbocycles. The quantitative estimate of drug-likeness (QED) is 0.292. The van der Waals surface area contributed by atoms with Gasteiger partial charge in [0.05, 0.1) is 0 Å². The number of rotatable bonds is 7. The van der Waals surface area contributed by atoms with Gasteiger partial charge in [-0.15, -0.1) is 0 Å². The Balaban J connectivity index is 1.42. The fourth-order valence-corrected chi connectivity index (χ4v) is 5.57. The SMILES string of the molecule is CC/C=C/C[C@H]1CC[C@H](CC[C@H]2CC[C@H](c3cc(F)c(C(F)(F)F)c(F)c3)CC2)CC1. The minimum Gasteiger partial charge on any atom is -0.206 e. The van der Waals surface area contributed by atoms with E-state index >= 15 is 0 Å². The summed E-state index contributed by atoms with van der Waals surface area (Å²) in [6.45, 7) is 2.17. The first-order chi connectivity index (χ1) is 14.8. The van der Waals surface area contributed by atoms with E-state index in [9.17, 15) is 22.0 Å². The first kappa shape index (κ1) is 24.3. The summed E-state index contributed by atoms with van der Waals surface area (Å²) in [4.78, 5) is 0. The second-order valence-corrected chi connectivity index (χ2v) is 9.65. The monoisotopic (exact) mass is 442 g/mol. The normalized spacial score (nSPS) is 27.7. The number of hydrogen-bond acceptors (Lipinski definition) is 0. The Bertz CT molecular complexity index is 697. The highest BCUT2D eigenvalue weighted by molar-refractivity contribution is 5.30. The number of hydrogen-bond donors (Lipinski definition) is 0. The number of halogens is 5. The summed E-state index contributed by atoms with van der Waals surface area (Å²) in [6, 6.07) is 1.79. The van der Waals surface area contributed by atoms with Gasteiger partial charge < -0.3 is 0 Å². The highest BCUT2D eigenvalue weighted by Crippen LogP contribution is 2.42. The zero-order chi connectivity index (χ0) is 22.4. The largest absolute Gasteiger partial charge is 0.422 e. The number of allylic oxidation sites excluding steroid dienone is 2. The van der Waals surface area contributed by atoms with Crippen molar-refractivity contribution in [3.63, 3.8) is 0 Å². The molecule has 0 saturated heterocycles. The van der Waals surface area contributed by atoms with E-state index in [1.807, 2.05) is 0 Å². The third kappa shape index (κ3) is 6.79. The first-order valence-electron chi connectivity index (χ1n) is 12.0. The van der Waals surface area contributed by atoms with Gasteiger partial charge in [-0.1, -0.05) is 44.8 Å². The van der Waals surface area contributed by atoms with Crippen LogP contribution in [0.15, 0.2) is 24.3 Å². The summed E-state index contributed by atoms with van der Waals surface area (Å²) in [5, 5.41) is 0. The standard InChI is InChI=1S/C26H35F5/c1-2-3-4-5-18-6-8-19(9-7-18)10-11-20-12-14-21(15-13-20)22-16-23(27)25(24(28)17-22)26(29,30)31/h3-4,16-21H,2,5-15H2,1H3/b4-3+/t18-,19-,20-,21-. The van der Waals surface area contributed by atoms with Crippen LogP contribution in [-0.2, 0) is 6.18 Å². The molecule has 2 saturated carbocycles. The van der Waals surface area contributed by atoms with E-state index in [2.05, 4.69) is 19.1 Å². The van der Waals surface area contributed by atoms with Crippen molar-refractivity contribution < 1.29 is 22.0 Å². The van der Waals surface area contributed by atoms with Crippen LogP contribution in [0.3, 0.4) is 0 Å². The van der Waals surface area contributed by atoms with E-state index in [1.54, 1.807) is 0 Å². The maximum atomic E-state index is 13.9. The van der Waals surface area contributed by atoms with Crippen LogP contribution in [-0.4, -0.2) is 0 Å². The first-order valence-corrected chi connectivity index (χ1v) is 12.0. The molecule has 0 aliphatic heterocycles. The van der Waals surface area contributed by atoms with E-state index in [-0.39, 0.29) is 5.92 Å². The van der Waals surface area contributed by atoms with E-state index < -0.39 is 23.4 Å². The average molecular weight is 443 g/mol. The molecule has 1 aromatic rings. The lowest BCUT2D eigenvalue weighted by atomic mass is 9.74. The molecule has 0 heterocycles. The Morgan fingerprint density at radius 3 is 1.74 bits per heavy atom. The molecule has 3 rings (SSSR count). The molecule has 174 valence electrons. The second kappa shape index (κ2) is 11.0. The summed E-state index contributed by atoms with van der Waals surface area (Å²) in [7, 11) is 0. The topological polar surface area (TPSA) is 0 Å². The van der Waals surface area contributed by atoms with Crippen molar-refractivity contribution in [3.05, 3.63) is 47.0 Å². The average Bonchev–Trinajstić information content (AvgIpc) is 2.72. The predicted octanol–water partition coefficient (Wildman–Crippen LogP) is 9.20.